The number of rotatable bonds is 6. The van der Waals surface area contributed by atoms with Crippen molar-refractivity contribution in [2.24, 2.45) is 0 Å². The van der Waals surface area contributed by atoms with Gasteiger partial charge in [-0.3, -0.25) is 4.79 Å². The topological polar surface area (TPSA) is 70.7 Å². The van der Waals surface area contributed by atoms with E-state index in [9.17, 15) is 4.79 Å². The summed E-state index contributed by atoms with van der Waals surface area (Å²) in [6.07, 6.45) is 3.40. The fourth-order valence-corrected chi connectivity index (χ4v) is 3.89. The van der Waals surface area contributed by atoms with E-state index in [2.05, 4.69) is 41.3 Å². The number of thioether (sulfide) groups is 1. The molecular formula is C23H22N4OS. The van der Waals surface area contributed by atoms with Crippen molar-refractivity contribution >= 4 is 28.8 Å². The number of H-pyrrole nitrogens is 1. The van der Waals surface area contributed by atoms with Crippen LogP contribution < -0.4 is 5.32 Å². The zero-order chi connectivity index (χ0) is 20.2. The molecule has 2 aromatic heterocycles. The van der Waals surface area contributed by atoms with Gasteiger partial charge in [0.15, 0.2) is 5.65 Å². The minimum Gasteiger partial charge on any atom is -0.348 e. The van der Waals surface area contributed by atoms with Crippen LogP contribution in [0, 0.1) is 0 Å². The summed E-state index contributed by atoms with van der Waals surface area (Å²) in [4.78, 5) is 26.1. The highest BCUT2D eigenvalue weighted by molar-refractivity contribution is 7.99. The summed E-state index contributed by atoms with van der Waals surface area (Å²) in [6.45, 7) is 4.82. The monoisotopic (exact) mass is 402 g/mol. The van der Waals surface area contributed by atoms with Crippen molar-refractivity contribution in [3.8, 4) is 11.3 Å². The highest BCUT2D eigenvalue weighted by Crippen LogP contribution is 2.26. The van der Waals surface area contributed by atoms with Crippen LogP contribution in [-0.2, 0) is 6.54 Å². The molecule has 0 saturated carbocycles. The average molecular weight is 403 g/mol. The molecule has 2 aromatic carbocycles. The first-order valence-corrected chi connectivity index (χ1v) is 10.4. The predicted molar refractivity (Wildman–Crippen MR) is 118 cm³/mol. The second-order valence-electron chi connectivity index (χ2n) is 7.01. The molecule has 29 heavy (non-hydrogen) atoms. The summed E-state index contributed by atoms with van der Waals surface area (Å²) in [5, 5.41) is 3.48. The average Bonchev–Trinajstić information content (AvgIpc) is 3.16. The standard InChI is InChI=1S/C23H22N4OS/c1-15(2)29-18-10-8-17(9-11-18)20-14-25-22-21(27-20)19(13-24-22)23(28)26-12-16-6-4-3-5-7-16/h3-11,13-15H,12H2,1-2H3,(H,24,25)(H,26,28). The van der Waals surface area contributed by atoms with Gasteiger partial charge in [0, 0.05) is 28.5 Å². The zero-order valence-electron chi connectivity index (χ0n) is 16.3. The summed E-state index contributed by atoms with van der Waals surface area (Å²) < 4.78 is 0. The lowest BCUT2D eigenvalue weighted by Crippen LogP contribution is -2.22. The van der Waals surface area contributed by atoms with Gasteiger partial charge < -0.3 is 10.3 Å². The third-order valence-corrected chi connectivity index (χ3v) is 5.46. The molecule has 0 atom stereocenters. The SMILES string of the molecule is CC(C)Sc1ccc(-c2cnc3[nH]cc(C(=O)NCc4ccccc4)c3n2)cc1. The molecule has 6 heteroatoms. The number of hydrogen-bond donors (Lipinski definition) is 2. The fourth-order valence-electron chi connectivity index (χ4n) is 3.05. The van der Waals surface area contributed by atoms with Gasteiger partial charge >= 0.3 is 0 Å². The molecule has 2 heterocycles. The summed E-state index contributed by atoms with van der Waals surface area (Å²) >= 11 is 1.82. The molecule has 0 saturated heterocycles. The first-order chi connectivity index (χ1) is 14.1. The van der Waals surface area contributed by atoms with E-state index >= 15 is 0 Å². The molecule has 4 rings (SSSR count). The molecule has 0 unspecified atom stereocenters. The smallest absolute Gasteiger partial charge is 0.255 e. The highest BCUT2D eigenvalue weighted by atomic mass is 32.2. The lowest BCUT2D eigenvalue weighted by atomic mass is 10.1. The first-order valence-electron chi connectivity index (χ1n) is 9.53. The molecular weight excluding hydrogens is 380 g/mol. The zero-order valence-corrected chi connectivity index (χ0v) is 17.2. The van der Waals surface area contributed by atoms with Gasteiger partial charge in [-0.1, -0.05) is 56.3 Å². The van der Waals surface area contributed by atoms with E-state index in [1.54, 1.807) is 12.4 Å². The number of fused-ring (bicyclic) bond motifs is 1. The molecule has 0 fully saturated rings. The molecule has 146 valence electrons. The minimum atomic E-state index is -0.171. The summed E-state index contributed by atoms with van der Waals surface area (Å²) in [5.41, 5.74) is 4.45. The van der Waals surface area contributed by atoms with Crippen LogP contribution in [-0.4, -0.2) is 26.1 Å². The van der Waals surface area contributed by atoms with Crippen LogP contribution in [0.15, 0.2) is 71.9 Å². The van der Waals surface area contributed by atoms with Crippen molar-refractivity contribution < 1.29 is 4.79 Å². The lowest BCUT2D eigenvalue weighted by molar-refractivity contribution is 0.0952. The van der Waals surface area contributed by atoms with Gasteiger partial charge in [0.1, 0.15) is 5.52 Å². The molecule has 0 bridgehead atoms. The van der Waals surface area contributed by atoms with E-state index < -0.39 is 0 Å². The van der Waals surface area contributed by atoms with E-state index in [4.69, 9.17) is 4.98 Å². The number of nitrogens with one attached hydrogen (secondary N) is 2. The van der Waals surface area contributed by atoms with Crippen molar-refractivity contribution in [3.05, 3.63) is 78.1 Å². The van der Waals surface area contributed by atoms with E-state index in [1.165, 1.54) is 4.90 Å². The Morgan fingerprint density at radius 2 is 1.86 bits per heavy atom. The van der Waals surface area contributed by atoms with Crippen LogP contribution in [0.1, 0.15) is 29.8 Å². The molecule has 0 radical (unpaired) electrons. The maximum atomic E-state index is 12.7. The van der Waals surface area contributed by atoms with E-state index in [0.29, 0.717) is 28.5 Å². The molecule has 2 N–H and O–H groups in total. The van der Waals surface area contributed by atoms with E-state index in [-0.39, 0.29) is 5.91 Å². The van der Waals surface area contributed by atoms with E-state index in [0.717, 1.165) is 16.8 Å². The minimum absolute atomic E-state index is 0.171. The lowest BCUT2D eigenvalue weighted by Gasteiger charge is -2.07. The number of aromatic amines is 1. The van der Waals surface area contributed by atoms with Crippen molar-refractivity contribution in [1.29, 1.82) is 0 Å². The van der Waals surface area contributed by atoms with Crippen LogP contribution >= 0.6 is 11.8 Å². The predicted octanol–water partition coefficient (Wildman–Crippen LogP) is 5.06. The highest BCUT2D eigenvalue weighted by Gasteiger charge is 2.15. The Morgan fingerprint density at radius 1 is 1.10 bits per heavy atom. The number of aromatic nitrogens is 3. The van der Waals surface area contributed by atoms with Crippen molar-refractivity contribution in [2.45, 2.75) is 30.5 Å². The molecule has 4 aromatic rings. The quantitative estimate of drug-likeness (QED) is 0.443. The maximum absolute atomic E-state index is 12.7. The normalized spacial score (nSPS) is 11.1. The van der Waals surface area contributed by atoms with Gasteiger partial charge in [-0.25, -0.2) is 9.97 Å². The van der Waals surface area contributed by atoms with Gasteiger partial charge in [-0.05, 0) is 17.7 Å². The van der Waals surface area contributed by atoms with Crippen LogP contribution in [0.2, 0.25) is 0 Å². The summed E-state index contributed by atoms with van der Waals surface area (Å²) in [5.74, 6) is -0.171. The molecule has 0 aliphatic rings. The van der Waals surface area contributed by atoms with Crippen molar-refractivity contribution in [2.75, 3.05) is 0 Å². The number of amides is 1. The van der Waals surface area contributed by atoms with Gasteiger partial charge in [-0.15, -0.1) is 11.8 Å². The van der Waals surface area contributed by atoms with Crippen molar-refractivity contribution in [3.63, 3.8) is 0 Å². The number of hydrogen-bond acceptors (Lipinski definition) is 4. The molecule has 5 nitrogen and oxygen atoms in total. The van der Waals surface area contributed by atoms with Gasteiger partial charge in [-0.2, -0.15) is 0 Å². The molecule has 1 amide bonds. The van der Waals surface area contributed by atoms with E-state index in [1.807, 2.05) is 54.2 Å². The van der Waals surface area contributed by atoms with Gasteiger partial charge in [0.25, 0.3) is 5.91 Å². The second-order valence-corrected chi connectivity index (χ2v) is 8.66. The summed E-state index contributed by atoms with van der Waals surface area (Å²) in [7, 11) is 0. The Kier molecular flexibility index (Phi) is 5.62. The first kappa shape index (κ1) is 19.2. The largest absolute Gasteiger partial charge is 0.348 e. The van der Waals surface area contributed by atoms with Crippen LogP contribution in [0.5, 0.6) is 0 Å². The Balaban J connectivity index is 1.56. The number of carbonyl (C=O) groups is 1. The third-order valence-electron chi connectivity index (χ3n) is 4.44. The van der Waals surface area contributed by atoms with Gasteiger partial charge in [0.2, 0.25) is 0 Å². The number of carbonyl (C=O) groups excluding carboxylic acids is 1. The van der Waals surface area contributed by atoms with Gasteiger partial charge in [0.05, 0.1) is 17.5 Å². The molecule has 0 spiro atoms. The molecule has 0 aliphatic heterocycles. The fraction of sp³-hybridized carbons (Fsp3) is 0.174. The molecule has 0 aliphatic carbocycles. The Bertz CT molecular complexity index is 1120. The van der Waals surface area contributed by atoms with Crippen LogP contribution in [0.25, 0.3) is 22.4 Å². The van der Waals surface area contributed by atoms with Crippen molar-refractivity contribution in [1.82, 2.24) is 20.3 Å². The maximum Gasteiger partial charge on any atom is 0.255 e. The third kappa shape index (κ3) is 4.49. The van der Waals surface area contributed by atoms with Crippen LogP contribution in [0.3, 0.4) is 0 Å². The Labute approximate surface area is 174 Å². The van der Waals surface area contributed by atoms with Crippen LogP contribution in [0.4, 0.5) is 0 Å². The second kappa shape index (κ2) is 8.49. The number of nitrogens with zero attached hydrogens (tertiary/aromatic N) is 2. The Morgan fingerprint density at radius 3 is 2.59 bits per heavy atom. The Hall–Kier alpha value is -3.12. The number of benzene rings is 2. The summed E-state index contributed by atoms with van der Waals surface area (Å²) in [6, 6.07) is 18.1.